The molecule has 4 aromatic rings. The van der Waals surface area contributed by atoms with Gasteiger partial charge in [-0.25, -0.2) is 13.2 Å². The summed E-state index contributed by atoms with van der Waals surface area (Å²) in [7, 11) is 1.69. The van der Waals surface area contributed by atoms with Gasteiger partial charge in [-0.2, -0.15) is 18.3 Å². The van der Waals surface area contributed by atoms with Gasteiger partial charge in [-0.3, -0.25) is 19.3 Å². The molecule has 236 valence electrons. The number of pyridine rings is 1. The van der Waals surface area contributed by atoms with E-state index in [1.807, 2.05) is 22.6 Å². The van der Waals surface area contributed by atoms with Gasteiger partial charge in [0, 0.05) is 55.0 Å². The van der Waals surface area contributed by atoms with Gasteiger partial charge in [0.1, 0.15) is 27.5 Å². The van der Waals surface area contributed by atoms with Gasteiger partial charge in [0.25, 0.3) is 5.91 Å². The molecule has 2 aromatic carbocycles. The Bertz CT molecular complexity index is 1770. The number of nitrogens with two attached hydrogens (primary N) is 1. The normalized spacial score (nSPS) is 14.9. The van der Waals surface area contributed by atoms with E-state index in [1.54, 1.807) is 24.1 Å². The number of nitrogens with one attached hydrogen (secondary N) is 1. The summed E-state index contributed by atoms with van der Waals surface area (Å²) in [6.45, 7) is -0.119. The first-order chi connectivity index (χ1) is 21.1. The number of amides is 2. The van der Waals surface area contributed by atoms with Gasteiger partial charge >= 0.3 is 6.18 Å². The number of rotatable bonds is 8. The van der Waals surface area contributed by atoms with Crippen molar-refractivity contribution in [2.24, 2.45) is 5.73 Å². The number of hydrogen-bond acceptors (Lipinski definition) is 5. The van der Waals surface area contributed by atoms with Crippen LogP contribution in [0.15, 0.2) is 54.7 Å². The second kappa shape index (κ2) is 12.4. The number of primary amides is 1. The van der Waals surface area contributed by atoms with Crippen molar-refractivity contribution >= 4 is 34.4 Å². The molecule has 15 heteroatoms. The van der Waals surface area contributed by atoms with E-state index in [1.165, 1.54) is 18.3 Å². The molecule has 0 bridgehead atoms. The van der Waals surface area contributed by atoms with Gasteiger partial charge in [-0.15, -0.1) is 0 Å². The molecule has 2 aromatic heterocycles. The number of halogens is 7. The van der Waals surface area contributed by atoms with Gasteiger partial charge in [0.15, 0.2) is 5.69 Å². The Labute approximate surface area is 266 Å². The Balaban J connectivity index is 1.57. The summed E-state index contributed by atoms with van der Waals surface area (Å²) >= 11 is 1.85. The fourth-order valence-corrected chi connectivity index (χ4v) is 6.57. The maximum Gasteiger partial charge on any atom is 0.435 e. The minimum atomic E-state index is -4.74. The number of carbonyl (C=O) groups is 2. The highest BCUT2D eigenvalue weighted by atomic mass is 127. The van der Waals surface area contributed by atoms with Crippen LogP contribution in [-0.4, -0.2) is 45.1 Å². The zero-order valence-corrected chi connectivity index (χ0v) is 25.7. The van der Waals surface area contributed by atoms with Gasteiger partial charge in [0.05, 0.1) is 11.3 Å². The van der Waals surface area contributed by atoms with Crippen molar-refractivity contribution in [3.63, 3.8) is 0 Å². The number of fused-ring (bicyclic) bond motifs is 1. The van der Waals surface area contributed by atoms with Gasteiger partial charge < -0.3 is 16.0 Å². The molecule has 3 N–H and O–H groups in total. The van der Waals surface area contributed by atoms with Crippen molar-refractivity contribution < 1.29 is 35.9 Å². The molecule has 0 spiro atoms. The van der Waals surface area contributed by atoms with Crippen molar-refractivity contribution in [3.8, 4) is 11.1 Å². The SMILES string of the molecule is CN1CCc2c(c(C(F)(F)F)nn2CC(=O)NC(I)(Cc2cc(F)cc(F)c2)c2ncccc2-c2ccc(F)c(C(N)=O)c2)C1. The Morgan fingerprint density at radius 1 is 1.04 bits per heavy atom. The average molecular weight is 742 g/mol. The van der Waals surface area contributed by atoms with E-state index in [2.05, 4.69) is 15.4 Å². The molecule has 0 fully saturated rings. The molecule has 1 atom stereocenters. The zero-order valence-electron chi connectivity index (χ0n) is 23.6. The fourth-order valence-electron chi connectivity index (χ4n) is 5.40. The molecule has 5 rings (SSSR count). The smallest absolute Gasteiger partial charge is 0.366 e. The van der Waals surface area contributed by atoms with Gasteiger partial charge in [-0.05, 0) is 71.1 Å². The van der Waals surface area contributed by atoms with Crippen molar-refractivity contribution in [1.29, 1.82) is 0 Å². The van der Waals surface area contributed by atoms with E-state index in [-0.39, 0.29) is 41.9 Å². The number of aromatic nitrogens is 3. The van der Waals surface area contributed by atoms with Crippen LogP contribution in [0.3, 0.4) is 0 Å². The highest BCUT2D eigenvalue weighted by Crippen LogP contribution is 2.39. The molecule has 0 aliphatic carbocycles. The third kappa shape index (κ3) is 6.98. The number of alkyl halides is 4. The predicted octanol–water partition coefficient (Wildman–Crippen LogP) is 5.11. The molecular formula is C30H25F6IN6O2. The molecule has 1 unspecified atom stereocenters. The van der Waals surface area contributed by atoms with E-state index < -0.39 is 56.8 Å². The lowest BCUT2D eigenvalue weighted by atomic mass is 9.94. The van der Waals surface area contributed by atoms with E-state index in [0.29, 0.717) is 23.7 Å². The van der Waals surface area contributed by atoms with Crippen LogP contribution in [-0.2, 0) is 40.4 Å². The van der Waals surface area contributed by atoms with E-state index >= 15 is 0 Å². The zero-order chi connectivity index (χ0) is 32.7. The Morgan fingerprint density at radius 3 is 2.42 bits per heavy atom. The first-order valence-corrected chi connectivity index (χ1v) is 14.6. The molecule has 1 aliphatic heterocycles. The van der Waals surface area contributed by atoms with Crippen molar-refractivity contribution in [3.05, 3.63) is 106 Å². The third-order valence-electron chi connectivity index (χ3n) is 7.32. The third-order valence-corrected chi connectivity index (χ3v) is 8.48. The van der Waals surface area contributed by atoms with Crippen LogP contribution in [0.4, 0.5) is 26.3 Å². The minimum Gasteiger partial charge on any atom is -0.366 e. The lowest BCUT2D eigenvalue weighted by Gasteiger charge is -2.31. The molecule has 0 radical (unpaired) electrons. The van der Waals surface area contributed by atoms with Crippen LogP contribution in [0.25, 0.3) is 11.1 Å². The van der Waals surface area contributed by atoms with Crippen molar-refractivity contribution in [2.75, 3.05) is 13.6 Å². The lowest BCUT2D eigenvalue weighted by molar-refractivity contribution is -0.142. The van der Waals surface area contributed by atoms with Crippen LogP contribution in [0.5, 0.6) is 0 Å². The maximum absolute atomic E-state index is 14.3. The fraction of sp³-hybridized carbons (Fsp3) is 0.267. The second-order valence-corrected chi connectivity index (χ2v) is 12.5. The molecule has 0 saturated carbocycles. The van der Waals surface area contributed by atoms with E-state index in [0.717, 1.165) is 22.9 Å². The first kappa shape index (κ1) is 32.4. The lowest BCUT2D eigenvalue weighted by Crippen LogP contribution is -2.45. The molecule has 45 heavy (non-hydrogen) atoms. The van der Waals surface area contributed by atoms with Crippen LogP contribution < -0.4 is 11.1 Å². The maximum atomic E-state index is 14.3. The topological polar surface area (TPSA) is 106 Å². The quantitative estimate of drug-likeness (QED) is 0.113. The summed E-state index contributed by atoms with van der Waals surface area (Å²) < 4.78 is 83.7. The Kier molecular flexibility index (Phi) is 8.95. The summed E-state index contributed by atoms with van der Waals surface area (Å²) in [6.07, 6.45) is -3.33. The number of hydrogen-bond donors (Lipinski definition) is 2. The van der Waals surface area contributed by atoms with Crippen LogP contribution in [0, 0.1) is 17.5 Å². The largest absolute Gasteiger partial charge is 0.435 e. The molecule has 1 aliphatic rings. The van der Waals surface area contributed by atoms with E-state index in [4.69, 9.17) is 5.73 Å². The summed E-state index contributed by atoms with van der Waals surface area (Å²) in [5.74, 6) is -4.36. The highest BCUT2D eigenvalue weighted by molar-refractivity contribution is 14.1. The monoisotopic (exact) mass is 742 g/mol. The van der Waals surface area contributed by atoms with Gasteiger partial charge in [-0.1, -0.05) is 12.1 Å². The summed E-state index contributed by atoms with van der Waals surface area (Å²) in [4.78, 5) is 31.6. The summed E-state index contributed by atoms with van der Waals surface area (Å²) in [5.41, 5.74) is 5.06. The van der Waals surface area contributed by atoms with Crippen LogP contribution >= 0.6 is 22.6 Å². The molecule has 0 saturated heterocycles. The molecular weight excluding hydrogens is 717 g/mol. The predicted molar refractivity (Wildman–Crippen MR) is 159 cm³/mol. The number of nitrogens with zero attached hydrogens (tertiary/aromatic N) is 4. The van der Waals surface area contributed by atoms with Crippen LogP contribution in [0.2, 0.25) is 0 Å². The minimum absolute atomic E-state index is 0.00593. The Hall–Kier alpha value is -3.99. The summed E-state index contributed by atoms with van der Waals surface area (Å²) in [5, 5.41) is 6.54. The molecule has 3 heterocycles. The molecule has 2 amide bonds. The number of benzene rings is 2. The number of likely N-dealkylation sites (N-methyl/N-ethyl adjacent to an activating group) is 1. The van der Waals surface area contributed by atoms with Crippen LogP contribution in [0.1, 0.15) is 38.6 Å². The highest BCUT2D eigenvalue weighted by Gasteiger charge is 2.41. The Morgan fingerprint density at radius 2 is 1.76 bits per heavy atom. The molecule has 8 nitrogen and oxygen atoms in total. The standard InChI is InChI=1S/C30H25F6IN6O2/c1-42-8-6-24-22(14-42)27(30(34,35)36)41-43(24)15-25(44)40-29(37,13-16-9-18(31)12-19(32)10-16)26-20(3-2-7-39-26)17-4-5-23(33)21(11-17)28(38)45/h2-5,7,9-12H,6,8,13-15H2,1H3,(H2,38,45)(H,40,44). The van der Waals surface area contributed by atoms with Crippen molar-refractivity contribution in [2.45, 2.75) is 35.7 Å². The average Bonchev–Trinajstić information content (AvgIpc) is 3.30. The number of carbonyl (C=O) groups excluding carboxylic acids is 2. The van der Waals surface area contributed by atoms with E-state index in [9.17, 15) is 35.9 Å². The first-order valence-electron chi connectivity index (χ1n) is 13.5. The summed E-state index contributed by atoms with van der Waals surface area (Å²) in [6, 6.07) is 9.59. The van der Waals surface area contributed by atoms with Crippen molar-refractivity contribution in [1.82, 2.24) is 25.0 Å². The second-order valence-electron chi connectivity index (χ2n) is 10.7. The van der Waals surface area contributed by atoms with Gasteiger partial charge in [0.2, 0.25) is 5.91 Å².